The minimum atomic E-state index is -0.293. The molecule has 4 rings (SSSR count). The van der Waals surface area contributed by atoms with Crippen molar-refractivity contribution in [2.75, 3.05) is 6.61 Å². The third kappa shape index (κ3) is 3.52. The SMILES string of the molecule is O=C(NCc1ccon1)[C@H]1CCO[C@@H]1c1ccnn1Cc1ccccc1. The zero-order valence-electron chi connectivity index (χ0n) is 14.2. The van der Waals surface area contributed by atoms with Crippen LogP contribution in [0.4, 0.5) is 0 Å². The summed E-state index contributed by atoms with van der Waals surface area (Å²) in [5.41, 5.74) is 2.78. The molecule has 1 saturated heterocycles. The lowest BCUT2D eigenvalue weighted by Gasteiger charge is -2.19. The average Bonchev–Trinajstić information content (AvgIpc) is 3.41. The van der Waals surface area contributed by atoms with Crippen LogP contribution < -0.4 is 5.32 Å². The number of rotatable bonds is 6. The number of carbonyl (C=O) groups excluding carboxylic acids is 1. The van der Waals surface area contributed by atoms with E-state index in [0.29, 0.717) is 31.8 Å². The lowest BCUT2D eigenvalue weighted by Crippen LogP contribution is -2.32. The monoisotopic (exact) mass is 352 g/mol. The van der Waals surface area contributed by atoms with Gasteiger partial charge in [-0.25, -0.2) is 0 Å². The number of ether oxygens (including phenoxy) is 1. The Kier molecular flexibility index (Phi) is 4.79. The van der Waals surface area contributed by atoms with Crippen molar-refractivity contribution < 1.29 is 14.1 Å². The molecule has 26 heavy (non-hydrogen) atoms. The molecular formula is C19H20N4O3. The Balaban J connectivity index is 1.46. The zero-order valence-corrected chi connectivity index (χ0v) is 14.2. The average molecular weight is 352 g/mol. The zero-order chi connectivity index (χ0) is 17.8. The van der Waals surface area contributed by atoms with Crippen molar-refractivity contribution in [3.8, 4) is 0 Å². The highest BCUT2D eigenvalue weighted by Gasteiger charge is 2.37. The van der Waals surface area contributed by atoms with E-state index in [1.54, 1.807) is 12.3 Å². The van der Waals surface area contributed by atoms with E-state index in [4.69, 9.17) is 9.26 Å². The van der Waals surface area contributed by atoms with Gasteiger partial charge in [0, 0.05) is 18.9 Å². The molecule has 3 heterocycles. The number of nitrogens with one attached hydrogen (secondary N) is 1. The van der Waals surface area contributed by atoms with Gasteiger partial charge in [0.05, 0.1) is 24.7 Å². The van der Waals surface area contributed by atoms with E-state index in [9.17, 15) is 4.79 Å². The summed E-state index contributed by atoms with van der Waals surface area (Å²) in [5.74, 6) is -0.281. The second-order valence-electron chi connectivity index (χ2n) is 6.29. The van der Waals surface area contributed by atoms with Gasteiger partial charge in [0.25, 0.3) is 0 Å². The van der Waals surface area contributed by atoms with E-state index in [0.717, 1.165) is 11.3 Å². The quantitative estimate of drug-likeness (QED) is 0.736. The van der Waals surface area contributed by atoms with Crippen molar-refractivity contribution in [3.63, 3.8) is 0 Å². The van der Waals surface area contributed by atoms with Gasteiger partial charge in [0.1, 0.15) is 18.1 Å². The predicted octanol–water partition coefficient (Wildman–Crippen LogP) is 2.31. The van der Waals surface area contributed by atoms with Gasteiger partial charge in [-0.15, -0.1) is 0 Å². The van der Waals surface area contributed by atoms with Crippen LogP contribution in [0.3, 0.4) is 0 Å². The molecule has 7 nitrogen and oxygen atoms in total. The summed E-state index contributed by atoms with van der Waals surface area (Å²) in [7, 11) is 0. The molecule has 2 aromatic heterocycles. The van der Waals surface area contributed by atoms with Crippen LogP contribution >= 0.6 is 0 Å². The summed E-state index contributed by atoms with van der Waals surface area (Å²) < 4.78 is 12.6. The number of nitrogens with zero attached hydrogens (tertiary/aromatic N) is 3. The Labute approximate surface area is 150 Å². The fraction of sp³-hybridized carbons (Fsp3) is 0.316. The molecule has 0 saturated carbocycles. The largest absolute Gasteiger partial charge is 0.371 e. The fourth-order valence-electron chi connectivity index (χ4n) is 3.26. The third-order valence-corrected chi connectivity index (χ3v) is 4.58. The van der Waals surface area contributed by atoms with Crippen LogP contribution in [0.25, 0.3) is 0 Å². The topological polar surface area (TPSA) is 82.2 Å². The van der Waals surface area contributed by atoms with E-state index in [2.05, 4.69) is 27.7 Å². The van der Waals surface area contributed by atoms with Gasteiger partial charge in [-0.2, -0.15) is 5.10 Å². The van der Waals surface area contributed by atoms with Gasteiger partial charge in [-0.05, 0) is 18.1 Å². The van der Waals surface area contributed by atoms with Crippen LogP contribution in [0.2, 0.25) is 0 Å². The van der Waals surface area contributed by atoms with Crippen LogP contribution in [-0.2, 0) is 22.6 Å². The molecule has 0 bridgehead atoms. The van der Waals surface area contributed by atoms with E-state index < -0.39 is 0 Å². The van der Waals surface area contributed by atoms with Crippen LogP contribution in [0, 0.1) is 5.92 Å². The minimum absolute atomic E-state index is 0.0389. The van der Waals surface area contributed by atoms with Gasteiger partial charge >= 0.3 is 0 Å². The van der Waals surface area contributed by atoms with E-state index in [1.807, 2.05) is 28.9 Å². The lowest BCUT2D eigenvalue weighted by molar-refractivity contribution is -0.127. The summed E-state index contributed by atoms with van der Waals surface area (Å²) >= 11 is 0. The van der Waals surface area contributed by atoms with Crippen molar-refractivity contribution in [2.24, 2.45) is 5.92 Å². The van der Waals surface area contributed by atoms with Gasteiger partial charge in [-0.3, -0.25) is 9.48 Å². The molecule has 0 aliphatic carbocycles. The molecule has 1 fully saturated rings. The second-order valence-corrected chi connectivity index (χ2v) is 6.29. The van der Waals surface area contributed by atoms with E-state index in [-0.39, 0.29) is 17.9 Å². The second kappa shape index (κ2) is 7.53. The Morgan fingerprint density at radius 2 is 2.12 bits per heavy atom. The number of carbonyl (C=O) groups is 1. The first-order valence-electron chi connectivity index (χ1n) is 8.65. The molecule has 2 atom stereocenters. The summed E-state index contributed by atoms with van der Waals surface area (Å²) in [5, 5.41) is 11.1. The summed E-state index contributed by atoms with van der Waals surface area (Å²) in [6.07, 6.45) is 3.64. The predicted molar refractivity (Wildman–Crippen MR) is 92.9 cm³/mol. The van der Waals surface area contributed by atoms with Crippen LogP contribution in [0.5, 0.6) is 0 Å². The Bertz CT molecular complexity index is 845. The first kappa shape index (κ1) is 16.5. The van der Waals surface area contributed by atoms with Gasteiger partial charge < -0.3 is 14.6 Å². The molecule has 0 spiro atoms. The highest BCUT2D eigenvalue weighted by atomic mass is 16.5. The maximum atomic E-state index is 12.6. The smallest absolute Gasteiger partial charge is 0.226 e. The first-order chi connectivity index (χ1) is 12.8. The summed E-state index contributed by atoms with van der Waals surface area (Å²) in [4.78, 5) is 12.6. The molecule has 134 valence electrons. The van der Waals surface area contributed by atoms with E-state index in [1.165, 1.54) is 6.26 Å². The number of hydrogen-bond acceptors (Lipinski definition) is 5. The molecule has 1 aliphatic heterocycles. The number of amides is 1. The Morgan fingerprint density at radius 3 is 2.92 bits per heavy atom. The molecule has 1 N–H and O–H groups in total. The van der Waals surface area contributed by atoms with Gasteiger partial charge in [0.2, 0.25) is 5.91 Å². The van der Waals surface area contributed by atoms with E-state index >= 15 is 0 Å². The number of hydrogen-bond donors (Lipinski definition) is 1. The Morgan fingerprint density at radius 1 is 1.23 bits per heavy atom. The first-order valence-corrected chi connectivity index (χ1v) is 8.65. The highest BCUT2D eigenvalue weighted by molar-refractivity contribution is 5.79. The molecule has 0 unspecified atom stereocenters. The van der Waals surface area contributed by atoms with Crippen molar-refractivity contribution in [3.05, 3.63) is 71.9 Å². The third-order valence-electron chi connectivity index (χ3n) is 4.58. The Hall–Kier alpha value is -2.93. The van der Waals surface area contributed by atoms with Gasteiger partial charge in [0.15, 0.2) is 0 Å². The van der Waals surface area contributed by atoms with Crippen molar-refractivity contribution in [1.82, 2.24) is 20.3 Å². The maximum Gasteiger partial charge on any atom is 0.226 e. The highest BCUT2D eigenvalue weighted by Crippen LogP contribution is 2.34. The molecule has 1 amide bonds. The summed E-state index contributed by atoms with van der Waals surface area (Å²) in [6.45, 7) is 1.56. The van der Waals surface area contributed by atoms with Crippen LogP contribution in [0.1, 0.15) is 29.5 Å². The minimum Gasteiger partial charge on any atom is -0.371 e. The maximum absolute atomic E-state index is 12.6. The fourth-order valence-corrected chi connectivity index (χ4v) is 3.26. The molecule has 1 aliphatic rings. The van der Waals surface area contributed by atoms with Crippen LogP contribution in [0.15, 0.2) is 59.4 Å². The molecular weight excluding hydrogens is 332 g/mol. The van der Waals surface area contributed by atoms with Crippen molar-refractivity contribution in [2.45, 2.75) is 25.6 Å². The standard InChI is InChI=1S/C19H20N4O3/c24-19(20-12-15-7-11-26-22-15)16-8-10-25-18(16)17-6-9-21-23(17)13-14-4-2-1-3-5-14/h1-7,9,11,16,18H,8,10,12-13H2,(H,20,24)/t16-,18-/m0/s1. The lowest BCUT2D eigenvalue weighted by atomic mass is 9.97. The van der Waals surface area contributed by atoms with Crippen LogP contribution in [-0.4, -0.2) is 27.5 Å². The van der Waals surface area contributed by atoms with Gasteiger partial charge in [-0.1, -0.05) is 35.5 Å². The summed E-state index contributed by atoms with van der Waals surface area (Å²) in [6, 6.07) is 13.8. The van der Waals surface area contributed by atoms with Crippen molar-refractivity contribution in [1.29, 1.82) is 0 Å². The molecule has 0 radical (unpaired) electrons. The molecule has 7 heteroatoms. The van der Waals surface area contributed by atoms with Crippen molar-refractivity contribution >= 4 is 5.91 Å². The molecule has 1 aromatic carbocycles. The number of aromatic nitrogens is 3. The number of benzene rings is 1. The molecule has 3 aromatic rings. The normalized spacial score (nSPS) is 19.5.